The molecule has 1 aromatic carbocycles. The lowest BCUT2D eigenvalue weighted by molar-refractivity contribution is -0.144. The molecule has 0 aromatic heterocycles. The molecule has 114 valence electrons. The molecule has 0 bridgehead atoms. The smallest absolute Gasteiger partial charge is 0.325 e. The van der Waals surface area contributed by atoms with Gasteiger partial charge in [-0.15, -0.1) is 0 Å². The highest BCUT2D eigenvalue weighted by molar-refractivity contribution is 6.34. The summed E-state index contributed by atoms with van der Waals surface area (Å²) in [6, 6.07) is 4.52. The van der Waals surface area contributed by atoms with Gasteiger partial charge in [-0.05, 0) is 12.1 Å². The number of nitrogens with zero attached hydrogens (tertiary/aromatic N) is 1. The van der Waals surface area contributed by atoms with E-state index in [-0.39, 0.29) is 16.3 Å². The first-order valence-electron chi connectivity index (χ1n) is 5.87. The Morgan fingerprint density at radius 1 is 1.14 bits per heavy atom. The number of anilines is 1. The van der Waals surface area contributed by atoms with E-state index in [1.165, 1.54) is 26.4 Å². The third kappa shape index (κ3) is 4.35. The quantitative estimate of drug-likeness (QED) is 0.635. The van der Waals surface area contributed by atoms with Crippen LogP contribution >= 0.6 is 11.6 Å². The van der Waals surface area contributed by atoms with Crippen molar-refractivity contribution in [2.24, 2.45) is 0 Å². The first kappa shape index (κ1) is 16.8. The molecule has 0 fully saturated rings. The van der Waals surface area contributed by atoms with Crippen LogP contribution in [-0.4, -0.2) is 50.1 Å². The van der Waals surface area contributed by atoms with Gasteiger partial charge in [0.15, 0.2) is 0 Å². The molecule has 1 rings (SSSR count). The Morgan fingerprint density at radius 3 is 2.14 bits per heavy atom. The Balaban J connectivity index is 3.06. The average Bonchev–Trinajstić information content (AvgIpc) is 2.48. The second-order valence-electron chi connectivity index (χ2n) is 4.01. The van der Waals surface area contributed by atoms with Crippen LogP contribution in [-0.2, 0) is 19.1 Å². The van der Waals surface area contributed by atoms with Gasteiger partial charge in [0.05, 0.1) is 30.5 Å². The van der Waals surface area contributed by atoms with Crippen LogP contribution in [0.15, 0.2) is 18.2 Å². The summed E-state index contributed by atoms with van der Waals surface area (Å²) in [4.78, 5) is 36.1. The number of hydrogen-bond acceptors (Lipinski definition) is 6. The minimum atomic E-state index is -0.673. The molecule has 8 heteroatoms. The maximum absolute atomic E-state index is 12.4. The molecule has 0 heterocycles. The third-order valence-electron chi connectivity index (χ3n) is 2.67. The fourth-order valence-electron chi connectivity index (χ4n) is 1.53. The fourth-order valence-corrected chi connectivity index (χ4v) is 1.71. The highest BCUT2D eigenvalue weighted by Gasteiger charge is 2.24. The van der Waals surface area contributed by atoms with Crippen molar-refractivity contribution in [3.05, 3.63) is 28.8 Å². The van der Waals surface area contributed by atoms with Crippen molar-refractivity contribution in [2.45, 2.75) is 0 Å². The van der Waals surface area contributed by atoms with Crippen molar-refractivity contribution in [2.75, 3.05) is 33.0 Å². The number of ether oxygens (including phenoxy) is 2. The van der Waals surface area contributed by atoms with Crippen LogP contribution < -0.4 is 5.73 Å². The van der Waals surface area contributed by atoms with E-state index < -0.39 is 30.9 Å². The SMILES string of the molecule is COC(=O)CN(CC(=O)OC)C(=O)c1cccc(Cl)c1N. The van der Waals surface area contributed by atoms with E-state index in [0.717, 1.165) is 4.90 Å². The third-order valence-corrected chi connectivity index (χ3v) is 3.00. The Bertz CT molecular complexity index is 543. The van der Waals surface area contributed by atoms with Gasteiger partial charge in [-0.1, -0.05) is 17.7 Å². The molecule has 1 aromatic rings. The normalized spacial score (nSPS) is 9.86. The number of halogens is 1. The number of amides is 1. The average molecular weight is 315 g/mol. The number of benzene rings is 1. The van der Waals surface area contributed by atoms with Gasteiger partial charge in [0, 0.05) is 0 Å². The van der Waals surface area contributed by atoms with E-state index in [4.69, 9.17) is 17.3 Å². The summed E-state index contributed by atoms with van der Waals surface area (Å²) in [5.41, 5.74) is 5.90. The summed E-state index contributed by atoms with van der Waals surface area (Å²) < 4.78 is 8.99. The van der Waals surface area contributed by atoms with Gasteiger partial charge in [0.2, 0.25) is 0 Å². The number of methoxy groups -OCH3 is 2. The van der Waals surface area contributed by atoms with Crippen LogP contribution in [0.5, 0.6) is 0 Å². The first-order chi connectivity index (χ1) is 9.90. The lowest BCUT2D eigenvalue weighted by Crippen LogP contribution is -2.40. The lowest BCUT2D eigenvalue weighted by Gasteiger charge is -2.21. The number of para-hydroxylation sites is 1. The summed E-state index contributed by atoms with van der Waals surface area (Å²) in [7, 11) is 2.35. The zero-order valence-corrected chi connectivity index (χ0v) is 12.3. The molecule has 0 saturated carbocycles. The van der Waals surface area contributed by atoms with Gasteiger partial charge in [-0.25, -0.2) is 0 Å². The van der Waals surface area contributed by atoms with Gasteiger partial charge in [-0.3, -0.25) is 14.4 Å². The van der Waals surface area contributed by atoms with Crippen LogP contribution in [0.2, 0.25) is 5.02 Å². The molecular weight excluding hydrogens is 300 g/mol. The van der Waals surface area contributed by atoms with Gasteiger partial charge in [0.25, 0.3) is 5.91 Å². The van der Waals surface area contributed by atoms with E-state index in [2.05, 4.69) is 9.47 Å². The maximum Gasteiger partial charge on any atom is 0.325 e. The molecule has 0 spiro atoms. The standard InChI is InChI=1S/C13H15ClN2O5/c1-20-10(17)6-16(7-11(18)21-2)13(19)8-4-3-5-9(14)12(8)15/h3-5H,6-7,15H2,1-2H3. The summed E-state index contributed by atoms with van der Waals surface area (Å²) in [6.07, 6.45) is 0. The van der Waals surface area contributed by atoms with Crippen molar-refractivity contribution in [1.82, 2.24) is 4.90 Å². The van der Waals surface area contributed by atoms with Crippen molar-refractivity contribution in [1.29, 1.82) is 0 Å². The minimum Gasteiger partial charge on any atom is -0.468 e. The molecule has 0 aliphatic rings. The van der Waals surface area contributed by atoms with Crippen molar-refractivity contribution in [3.63, 3.8) is 0 Å². The van der Waals surface area contributed by atoms with Gasteiger partial charge in [-0.2, -0.15) is 0 Å². The molecule has 0 unspecified atom stereocenters. The van der Waals surface area contributed by atoms with E-state index in [0.29, 0.717) is 0 Å². The number of carbonyl (C=O) groups is 3. The zero-order chi connectivity index (χ0) is 16.0. The molecule has 0 saturated heterocycles. The second-order valence-corrected chi connectivity index (χ2v) is 4.42. The van der Waals surface area contributed by atoms with Crippen LogP contribution in [0.3, 0.4) is 0 Å². The number of esters is 2. The number of nitrogens with two attached hydrogens (primary N) is 1. The topological polar surface area (TPSA) is 98.9 Å². The molecule has 0 radical (unpaired) electrons. The Labute approximate surface area is 126 Å². The summed E-state index contributed by atoms with van der Waals surface area (Å²) in [5, 5.41) is 0.205. The van der Waals surface area contributed by atoms with Crippen LogP contribution in [0.4, 0.5) is 5.69 Å². The molecule has 2 N–H and O–H groups in total. The van der Waals surface area contributed by atoms with E-state index >= 15 is 0 Å². The maximum atomic E-state index is 12.4. The first-order valence-corrected chi connectivity index (χ1v) is 6.25. The van der Waals surface area contributed by atoms with Crippen molar-refractivity contribution < 1.29 is 23.9 Å². The number of hydrogen-bond donors (Lipinski definition) is 1. The number of rotatable bonds is 5. The number of carbonyl (C=O) groups excluding carboxylic acids is 3. The Kier molecular flexibility index (Phi) is 5.98. The molecule has 0 atom stereocenters. The van der Waals surface area contributed by atoms with Crippen molar-refractivity contribution in [3.8, 4) is 0 Å². The lowest BCUT2D eigenvalue weighted by atomic mass is 10.1. The zero-order valence-electron chi connectivity index (χ0n) is 11.6. The molecule has 7 nitrogen and oxygen atoms in total. The van der Waals surface area contributed by atoms with Gasteiger partial charge < -0.3 is 20.1 Å². The van der Waals surface area contributed by atoms with Gasteiger partial charge >= 0.3 is 11.9 Å². The Hall–Kier alpha value is -2.28. The summed E-state index contributed by atoms with van der Waals surface area (Å²) in [6.45, 7) is -0.813. The van der Waals surface area contributed by atoms with Crippen molar-refractivity contribution >= 4 is 35.1 Å². The fraction of sp³-hybridized carbons (Fsp3) is 0.308. The highest BCUT2D eigenvalue weighted by atomic mass is 35.5. The summed E-state index contributed by atoms with van der Waals surface area (Å²) in [5.74, 6) is -1.97. The van der Waals surface area contributed by atoms with Crippen LogP contribution in [0, 0.1) is 0 Å². The molecule has 0 aliphatic heterocycles. The molecule has 1 amide bonds. The van der Waals surface area contributed by atoms with E-state index in [1.807, 2.05) is 0 Å². The second kappa shape index (κ2) is 7.49. The highest BCUT2D eigenvalue weighted by Crippen LogP contribution is 2.23. The molecular formula is C13H15ClN2O5. The molecule has 0 aliphatic carbocycles. The monoisotopic (exact) mass is 314 g/mol. The minimum absolute atomic E-state index is 0.0731. The van der Waals surface area contributed by atoms with Gasteiger partial charge in [0.1, 0.15) is 13.1 Å². The van der Waals surface area contributed by atoms with E-state index in [1.54, 1.807) is 6.07 Å². The number of nitrogen functional groups attached to an aromatic ring is 1. The predicted molar refractivity (Wildman–Crippen MR) is 75.8 cm³/mol. The summed E-state index contributed by atoms with van der Waals surface area (Å²) >= 11 is 5.85. The predicted octanol–water partition coefficient (Wildman–Crippen LogP) is 0.710. The van der Waals surface area contributed by atoms with E-state index in [9.17, 15) is 14.4 Å². The largest absolute Gasteiger partial charge is 0.468 e. The van der Waals surface area contributed by atoms with Crippen LogP contribution in [0.25, 0.3) is 0 Å². The Morgan fingerprint density at radius 2 is 1.67 bits per heavy atom. The molecule has 21 heavy (non-hydrogen) atoms. The van der Waals surface area contributed by atoms with Crippen LogP contribution in [0.1, 0.15) is 10.4 Å².